The number of aromatic nitrogens is 4. The van der Waals surface area contributed by atoms with Gasteiger partial charge in [0, 0.05) is 34.8 Å². The van der Waals surface area contributed by atoms with Crippen molar-refractivity contribution in [1.82, 2.24) is 20.4 Å². The number of ether oxygens (including phenoxy) is 2. The number of rotatable bonds is 18. The molecule has 0 N–H and O–H groups in total. The average Bonchev–Trinajstić information content (AvgIpc) is 3.12. The first-order valence-corrected chi connectivity index (χ1v) is 20.0. The maximum absolute atomic E-state index is 12.1. The molecular weight excluding hydrogens is 711 g/mol. The van der Waals surface area contributed by atoms with E-state index in [2.05, 4.69) is 34.2 Å². The number of hydrogen-bond donors (Lipinski definition) is 0. The van der Waals surface area contributed by atoms with Gasteiger partial charge in [-0.25, -0.2) is 9.59 Å². The molecular formula is C38H46Cl2N4O4S2. The Hall–Kier alpha value is -3.18. The normalized spacial score (nSPS) is 10.6. The van der Waals surface area contributed by atoms with E-state index in [9.17, 15) is 9.59 Å². The Morgan fingerprint density at radius 2 is 0.900 bits per heavy atom. The number of carbonyl (C=O) groups excluding carboxylic acids is 2. The lowest BCUT2D eigenvalue weighted by Crippen LogP contribution is -2.04. The quantitative estimate of drug-likeness (QED) is 0.0719. The maximum atomic E-state index is 12.1. The van der Waals surface area contributed by atoms with Gasteiger partial charge in [-0.3, -0.25) is 0 Å². The van der Waals surface area contributed by atoms with Crippen LogP contribution < -0.4 is 9.47 Å². The second-order valence-corrected chi connectivity index (χ2v) is 14.3. The zero-order valence-electron chi connectivity index (χ0n) is 28.8. The lowest BCUT2D eigenvalue weighted by atomic mass is 10.1. The summed E-state index contributed by atoms with van der Waals surface area (Å²) in [6.45, 7) is 4.41. The van der Waals surface area contributed by atoms with E-state index in [1.807, 2.05) is 60.7 Å². The summed E-state index contributed by atoms with van der Waals surface area (Å²) >= 11 is 14.2. The van der Waals surface area contributed by atoms with Crippen molar-refractivity contribution in [2.45, 2.75) is 90.9 Å². The van der Waals surface area contributed by atoms with Crippen molar-refractivity contribution < 1.29 is 19.1 Å². The molecule has 268 valence electrons. The summed E-state index contributed by atoms with van der Waals surface area (Å²) in [7, 11) is 0. The second kappa shape index (κ2) is 24.9. The lowest BCUT2D eigenvalue weighted by Gasteiger charge is -2.09. The highest BCUT2D eigenvalue weighted by Gasteiger charge is 2.16. The predicted molar refractivity (Wildman–Crippen MR) is 209 cm³/mol. The SMILES string of the molecule is CCCCCCCCSC(=O)Oc1cc(Cl)nnc1-c1ccccc1.CCCCCCCCSC(=O)Oc1cc(Cl)nnc1-c1ccccc1. The van der Waals surface area contributed by atoms with Crippen LogP contribution in [0.4, 0.5) is 9.59 Å². The van der Waals surface area contributed by atoms with Gasteiger partial charge in [-0.05, 0) is 36.4 Å². The van der Waals surface area contributed by atoms with Gasteiger partial charge in [0.05, 0.1) is 0 Å². The highest BCUT2D eigenvalue weighted by Crippen LogP contribution is 2.31. The number of carbonyl (C=O) groups is 2. The van der Waals surface area contributed by atoms with Crippen LogP contribution in [0.25, 0.3) is 22.5 Å². The second-order valence-electron chi connectivity index (χ2n) is 11.4. The van der Waals surface area contributed by atoms with E-state index in [1.54, 1.807) is 0 Å². The van der Waals surface area contributed by atoms with Crippen molar-refractivity contribution >= 4 is 57.3 Å². The van der Waals surface area contributed by atoms with E-state index in [4.69, 9.17) is 32.7 Å². The molecule has 0 aliphatic heterocycles. The summed E-state index contributed by atoms with van der Waals surface area (Å²) in [5, 5.41) is 15.6. The molecule has 0 spiro atoms. The van der Waals surface area contributed by atoms with Crippen LogP contribution >= 0.6 is 46.7 Å². The summed E-state index contributed by atoms with van der Waals surface area (Å²) < 4.78 is 10.9. The summed E-state index contributed by atoms with van der Waals surface area (Å²) in [5.41, 5.74) is 2.68. The molecule has 2 heterocycles. The third-order valence-electron chi connectivity index (χ3n) is 7.37. The highest BCUT2D eigenvalue weighted by atomic mass is 35.5. The Labute approximate surface area is 314 Å². The van der Waals surface area contributed by atoms with Gasteiger partial charge in [-0.1, -0.05) is 162 Å². The van der Waals surface area contributed by atoms with Gasteiger partial charge in [-0.15, -0.1) is 20.4 Å². The van der Waals surface area contributed by atoms with E-state index in [0.717, 1.165) is 48.3 Å². The molecule has 12 heteroatoms. The molecule has 50 heavy (non-hydrogen) atoms. The van der Waals surface area contributed by atoms with E-state index in [-0.39, 0.29) is 20.9 Å². The standard InChI is InChI=1S/2C19H23ClN2O2S/c2*1-2-3-4-5-6-10-13-25-19(23)24-16-14-17(20)21-22-18(16)15-11-8-7-9-12-15/h2*7-9,11-12,14H,2-6,10,13H2,1H3. The van der Waals surface area contributed by atoms with Crippen molar-refractivity contribution in [3.8, 4) is 34.0 Å². The number of nitrogens with zero attached hydrogens (tertiary/aromatic N) is 4. The van der Waals surface area contributed by atoms with Gasteiger partial charge >= 0.3 is 10.6 Å². The van der Waals surface area contributed by atoms with Crippen LogP contribution in [0.3, 0.4) is 0 Å². The molecule has 0 bridgehead atoms. The monoisotopic (exact) mass is 756 g/mol. The van der Waals surface area contributed by atoms with Crippen molar-refractivity contribution in [2.24, 2.45) is 0 Å². The molecule has 0 aliphatic rings. The molecule has 0 unspecified atom stereocenters. The Bertz CT molecular complexity index is 1450. The first-order chi connectivity index (χ1) is 24.4. The van der Waals surface area contributed by atoms with E-state index >= 15 is 0 Å². The molecule has 4 aromatic rings. The Morgan fingerprint density at radius 3 is 1.28 bits per heavy atom. The van der Waals surface area contributed by atoms with Crippen LogP contribution in [0.5, 0.6) is 11.5 Å². The van der Waals surface area contributed by atoms with Gasteiger partial charge in [0.25, 0.3) is 0 Å². The Morgan fingerprint density at radius 1 is 0.540 bits per heavy atom. The molecule has 8 nitrogen and oxygen atoms in total. The first kappa shape index (κ1) is 41.2. The molecule has 4 rings (SSSR count). The largest absolute Gasteiger partial charge is 0.416 e. The van der Waals surface area contributed by atoms with Crippen LogP contribution in [-0.2, 0) is 0 Å². The number of benzene rings is 2. The lowest BCUT2D eigenvalue weighted by molar-refractivity contribution is 0.226. The number of hydrogen-bond acceptors (Lipinski definition) is 10. The molecule has 0 atom stereocenters. The minimum Gasteiger partial charge on any atom is -0.416 e. The minimum atomic E-state index is -0.338. The minimum absolute atomic E-state index is 0.198. The number of halogens is 2. The molecule has 2 aromatic carbocycles. The fourth-order valence-electron chi connectivity index (χ4n) is 4.77. The van der Waals surface area contributed by atoms with Crippen LogP contribution in [0, 0.1) is 0 Å². The number of thioether (sulfide) groups is 2. The van der Waals surface area contributed by atoms with E-state index < -0.39 is 0 Å². The fourth-order valence-corrected chi connectivity index (χ4v) is 6.37. The average molecular weight is 758 g/mol. The van der Waals surface area contributed by atoms with E-state index in [0.29, 0.717) is 22.9 Å². The summed E-state index contributed by atoms with van der Waals surface area (Å²) in [5.74, 6) is 2.20. The molecule has 0 saturated carbocycles. The van der Waals surface area contributed by atoms with Gasteiger partial charge < -0.3 is 9.47 Å². The molecule has 0 radical (unpaired) electrons. The summed E-state index contributed by atoms with van der Waals surface area (Å²) in [4.78, 5) is 24.2. The van der Waals surface area contributed by atoms with Crippen molar-refractivity contribution in [3.63, 3.8) is 0 Å². The van der Waals surface area contributed by atoms with Crippen LogP contribution in [0.2, 0.25) is 10.3 Å². The van der Waals surface area contributed by atoms with Gasteiger partial charge in [-0.2, -0.15) is 0 Å². The Kier molecular flexibility index (Phi) is 20.5. The van der Waals surface area contributed by atoms with Crippen LogP contribution in [-0.4, -0.2) is 42.5 Å². The molecule has 0 aliphatic carbocycles. The van der Waals surface area contributed by atoms with Crippen LogP contribution in [0.15, 0.2) is 72.8 Å². The smallest absolute Gasteiger partial charge is 0.372 e. The third-order valence-corrected chi connectivity index (χ3v) is 9.37. The molecule has 2 aromatic heterocycles. The third kappa shape index (κ3) is 16.2. The fraction of sp³-hybridized carbons (Fsp3) is 0.421. The van der Waals surface area contributed by atoms with E-state index in [1.165, 1.54) is 87.0 Å². The zero-order chi connectivity index (χ0) is 35.8. The molecule has 0 saturated heterocycles. The van der Waals surface area contributed by atoms with Crippen molar-refractivity contribution in [1.29, 1.82) is 0 Å². The van der Waals surface area contributed by atoms with Gasteiger partial charge in [0.1, 0.15) is 11.4 Å². The van der Waals surface area contributed by atoms with Gasteiger partial charge in [0.2, 0.25) is 0 Å². The van der Waals surface area contributed by atoms with Crippen molar-refractivity contribution in [2.75, 3.05) is 11.5 Å². The van der Waals surface area contributed by atoms with Crippen molar-refractivity contribution in [3.05, 3.63) is 83.1 Å². The summed E-state index contributed by atoms with van der Waals surface area (Å²) in [6, 6.07) is 22.0. The highest BCUT2D eigenvalue weighted by molar-refractivity contribution is 8.13. The summed E-state index contributed by atoms with van der Waals surface area (Å²) in [6.07, 6.45) is 14.4. The zero-order valence-corrected chi connectivity index (χ0v) is 32.0. The maximum Gasteiger partial charge on any atom is 0.372 e. The van der Waals surface area contributed by atoms with Crippen LogP contribution in [0.1, 0.15) is 90.9 Å². The Balaban J connectivity index is 0.000000270. The molecule has 0 amide bonds. The van der Waals surface area contributed by atoms with Gasteiger partial charge in [0.15, 0.2) is 21.8 Å². The predicted octanol–water partition coefficient (Wildman–Crippen LogP) is 12.8. The number of unbranched alkanes of at least 4 members (excludes halogenated alkanes) is 10. The topological polar surface area (TPSA) is 104 Å². The first-order valence-electron chi connectivity index (χ1n) is 17.3. The molecule has 0 fully saturated rings.